The molecule has 6 atom stereocenters. The first-order valence-electron chi connectivity index (χ1n) is 15.2. The van der Waals surface area contributed by atoms with E-state index in [2.05, 4.69) is 5.32 Å². The number of amides is 1. The Morgan fingerprint density at radius 2 is 1.70 bits per heavy atom. The number of benzene rings is 2. The third-order valence-electron chi connectivity index (χ3n) is 10.3. The molecule has 3 aliphatic carbocycles. The van der Waals surface area contributed by atoms with E-state index < -0.39 is 63.3 Å². The number of Topliss-reactive ketones (excluding diaryl/α,β-unsaturated/α-hetero) is 4. The number of ketones is 4. The Kier molecular flexibility index (Phi) is 7.42. The van der Waals surface area contributed by atoms with Crippen LogP contribution >= 0.6 is 0 Å². The highest BCUT2D eigenvalue weighted by atomic mass is 16.3. The van der Waals surface area contributed by atoms with E-state index in [4.69, 9.17) is 10.2 Å². The fourth-order valence-electron chi connectivity index (χ4n) is 8.49. The number of fused-ring (bicyclic) bond motifs is 3. The molecular formula is C35H37N3O8. The molecule has 2 aromatic carbocycles. The molecule has 6 rings (SSSR count). The van der Waals surface area contributed by atoms with Crippen molar-refractivity contribution in [2.45, 2.75) is 51.4 Å². The summed E-state index contributed by atoms with van der Waals surface area (Å²) in [5.74, 6) is -8.01. The average molecular weight is 628 g/mol. The van der Waals surface area contributed by atoms with Gasteiger partial charge in [-0.15, -0.1) is 0 Å². The minimum Gasteiger partial charge on any atom is -0.507 e. The van der Waals surface area contributed by atoms with Gasteiger partial charge in [-0.1, -0.05) is 44.2 Å². The van der Waals surface area contributed by atoms with Gasteiger partial charge in [-0.3, -0.25) is 28.9 Å². The maximum Gasteiger partial charge on any atom is 0.235 e. The van der Waals surface area contributed by atoms with Crippen molar-refractivity contribution in [1.29, 1.82) is 0 Å². The quantitative estimate of drug-likeness (QED) is 0.284. The fourth-order valence-corrected chi connectivity index (χ4v) is 8.49. The number of primary amides is 1. The summed E-state index contributed by atoms with van der Waals surface area (Å²) in [4.78, 5) is 69.8. The second-order valence-corrected chi connectivity index (χ2v) is 13.6. The number of carbonyl (C=O) groups is 5. The topological polar surface area (TPSA) is 180 Å². The lowest BCUT2D eigenvalue weighted by atomic mass is 9.42. The van der Waals surface area contributed by atoms with Gasteiger partial charge in [-0.25, -0.2) is 0 Å². The van der Waals surface area contributed by atoms with Crippen LogP contribution in [0.2, 0.25) is 0 Å². The lowest BCUT2D eigenvalue weighted by Gasteiger charge is -2.61. The summed E-state index contributed by atoms with van der Waals surface area (Å²) in [6.45, 7) is 4.28. The van der Waals surface area contributed by atoms with E-state index in [-0.39, 0.29) is 24.2 Å². The third kappa shape index (κ3) is 4.40. The maximum absolute atomic E-state index is 14.4. The number of phenols is 1. The monoisotopic (exact) mass is 627 g/mol. The normalized spacial score (nSPS) is 30.6. The van der Waals surface area contributed by atoms with Gasteiger partial charge in [0.05, 0.1) is 24.1 Å². The lowest BCUT2D eigenvalue weighted by Crippen LogP contribution is -2.79. The molecule has 0 aliphatic heterocycles. The number of phenolic OH excluding ortho intramolecular Hbond substituents is 1. The molecule has 11 nitrogen and oxygen atoms in total. The van der Waals surface area contributed by atoms with E-state index in [1.807, 2.05) is 36.4 Å². The van der Waals surface area contributed by atoms with Gasteiger partial charge < -0.3 is 25.7 Å². The summed E-state index contributed by atoms with van der Waals surface area (Å²) in [5.41, 5.74) is 1.78. The van der Waals surface area contributed by atoms with Crippen LogP contribution in [0.4, 0.5) is 0 Å². The third-order valence-corrected chi connectivity index (χ3v) is 10.3. The fraction of sp³-hybridized carbons (Fsp3) is 0.400. The van der Waals surface area contributed by atoms with Crippen LogP contribution in [0.25, 0.3) is 11.3 Å². The molecule has 0 bridgehead atoms. The molecule has 3 aromatic rings. The Morgan fingerprint density at radius 1 is 1.00 bits per heavy atom. The largest absolute Gasteiger partial charge is 0.507 e. The van der Waals surface area contributed by atoms with Crippen LogP contribution in [-0.2, 0) is 38.7 Å². The number of hydrogen-bond acceptors (Lipinski definition) is 10. The number of rotatable bonds is 7. The van der Waals surface area contributed by atoms with Crippen molar-refractivity contribution in [1.82, 2.24) is 10.2 Å². The van der Waals surface area contributed by atoms with Gasteiger partial charge in [-0.05, 0) is 67.7 Å². The van der Waals surface area contributed by atoms with Crippen molar-refractivity contribution in [3.8, 4) is 17.1 Å². The van der Waals surface area contributed by atoms with Gasteiger partial charge in [-0.2, -0.15) is 0 Å². The molecule has 1 heterocycles. The summed E-state index contributed by atoms with van der Waals surface area (Å²) in [6.07, 6.45) is 0.00968. The number of carbonyl (C=O) groups excluding carboxylic acids is 5. The number of hydrogen-bond donors (Lipinski definition) is 4. The first-order chi connectivity index (χ1) is 21.7. The van der Waals surface area contributed by atoms with E-state index in [0.717, 1.165) is 5.56 Å². The number of aromatic hydroxyl groups is 1. The van der Waals surface area contributed by atoms with Gasteiger partial charge in [0.25, 0.3) is 0 Å². The minimum absolute atomic E-state index is 0.0874. The molecule has 1 amide bonds. The number of nitrogens with one attached hydrogen (secondary N) is 1. The van der Waals surface area contributed by atoms with Crippen LogP contribution in [0.15, 0.2) is 59.0 Å². The standard InChI is InChI=1S/C35H37N3O8/c1-33-14-21-20(23-13-10-19(46-23)16-37-15-18-8-6-5-7-9-18)11-12-22(39)24(21)27(40)26(33)31(43)35(45)30(42)25(32(36)44)28(41)29(38(3)4)34(35,2)17-33/h5-13,25-26,29,37,39,45H,14-17H2,1-4H3,(H2,36,44)/t25?,26?,29-,33+,34+,35-/m1/s1. The second-order valence-electron chi connectivity index (χ2n) is 13.6. The molecule has 2 fully saturated rings. The van der Waals surface area contributed by atoms with Gasteiger partial charge in [0.1, 0.15) is 17.3 Å². The average Bonchev–Trinajstić information content (AvgIpc) is 3.43. The summed E-state index contributed by atoms with van der Waals surface area (Å²) in [5, 5.41) is 26.4. The summed E-state index contributed by atoms with van der Waals surface area (Å²) < 4.78 is 6.17. The molecular weight excluding hydrogens is 590 g/mol. The molecule has 0 saturated heterocycles. The van der Waals surface area contributed by atoms with E-state index in [1.54, 1.807) is 33.2 Å². The first-order valence-corrected chi connectivity index (χ1v) is 15.2. The number of likely N-dealkylation sites (N-methyl/N-ethyl adjacent to an activating group) is 1. The van der Waals surface area contributed by atoms with Gasteiger partial charge in [0.2, 0.25) is 5.91 Å². The Balaban J connectivity index is 1.40. The van der Waals surface area contributed by atoms with Gasteiger partial charge >= 0.3 is 0 Å². The van der Waals surface area contributed by atoms with Crippen LogP contribution in [0, 0.1) is 22.7 Å². The molecule has 2 saturated carbocycles. The van der Waals surface area contributed by atoms with E-state index in [0.29, 0.717) is 35.7 Å². The Labute approximate surface area is 265 Å². The highest BCUT2D eigenvalue weighted by Gasteiger charge is 2.76. The molecule has 11 heteroatoms. The van der Waals surface area contributed by atoms with E-state index >= 15 is 0 Å². The van der Waals surface area contributed by atoms with Crippen LogP contribution in [-0.4, -0.2) is 69.9 Å². The molecule has 2 unspecified atom stereocenters. The van der Waals surface area contributed by atoms with Gasteiger partial charge in [0, 0.05) is 17.5 Å². The predicted molar refractivity (Wildman–Crippen MR) is 165 cm³/mol. The van der Waals surface area contributed by atoms with E-state index in [1.165, 1.54) is 17.9 Å². The zero-order chi connectivity index (χ0) is 33.3. The van der Waals surface area contributed by atoms with Crippen molar-refractivity contribution in [2.75, 3.05) is 14.1 Å². The van der Waals surface area contributed by atoms with Crippen LogP contribution in [0.5, 0.6) is 5.75 Å². The summed E-state index contributed by atoms with van der Waals surface area (Å²) in [7, 11) is 3.11. The first kappa shape index (κ1) is 31.5. The van der Waals surface area contributed by atoms with Gasteiger partial charge in [0.15, 0.2) is 34.7 Å². The minimum atomic E-state index is -2.84. The molecule has 240 valence electrons. The highest BCUT2D eigenvalue weighted by Crippen LogP contribution is 2.62. The number of furan rings is 1. The number of nitrogens with two attached hydrogens (primary N) is 1. The molecule has 1 aromatic heterocycles. The van der Waals surface area contributed by atoms with Crippen LogP contribution < -0.4 is 11.1 Å². The van der Waals surface area contributed by atoms with Crippen molar-refractivity contribution < 1.29 is 38.6 Å². The van der Waals surface area contributed by atoms with Crippen LogP contribution in [0.3, 0.4) is 0 Å². The SMILES string of the molecule is CN(C)[C@@H]1C(=O)C(C(N)=O)C(=O)[C@@]2(O)C(=O)C3C(=O)c4c(O)ccc(-c5ccc(CNCc6ccccc6)o5)c4C[C@@]3(C)C[C@@]12C. The van der Waals surface area contributed by atoms with E-state index in [9.17, 15) is 34.2 Å². The van der Waals surface area contributed by atoms with Crippen molar-refractivity contribution in [3.05, 3.63) is 77.0 Å². The summed E-state index contributed by atoms with van der Waals surface area (Å²) in [6, 6.07) is 15.3. The molecule has 46 heavy (non-hydrogen) atoms. The zero-order valence-electron chi connectivity index (χ0n) is 26.1. The lowest BCUT2D eigenvalue weighted by molar-refractivity contribution is -0.203. The smallest absolute Gasteiger partial charge is 0.235 e. The molecule has 3 aliphatic rings. The van der Waals surface area contributed by atoms with Crippen LogP contribution in [0.1, 0.15) is 47.5 Å². The Morgan fingerprint density at radius 3 is 2.35 bits per heavy atom. The second kappa shape index (κ2) is 10.8. The van der Waals surface area contributed by atoms with Crippen molar-refractivity contribution >= 4 is 29.0 Å². The van der Waals surface area contributed by atoms with Crippen molar-refractivity contribution in [3.63, 3.8) is 0 Å². The Hall–Kier alpha value is -4.45. The molecule has 0 spiro atoms. The maximum atomic E-state index is 14.4. The molecule has 0 radical (unpaired) electrons. The number of nitrogens with zero attached hydrogens (tertiary/aromatic N) is 1. The number of aliphatic hydroxyl groups is 1. The Bertz CT molecular complexity index is 1800. The molecule has 5 N–H and O–H groups in total. The zero-order valence-corrected chi connectivity index (χ0v) is 26.1. The van der Waals surface area contributed by atoms with Crippen molar-refractivity contribution in [2.24, 2.45) is 28.4 Å². The summed E-state index contributed by atoms with van der Waals surface area (Å²) >= 11 is 0. The predicted octanol–water partition coefficient (Wildman–Crippen LogP) is 2.20. The highest BCUT2D eigenvalue weighted by molar-refractivity contribution is 6.33.